The fourth-order valence-electron chi connectivity index (χ4n) is 1.66. The smallest absolute Gasteiger partial charge is 0.258 e. The number of aromatic nitrogens is 2. The van der Waals surface area contributed by atoms with Crippen molar-refractivity contribution in [2.45, 2.75) is 0 Å². The summed E-state index contributed by atoms with van der Waals surface area (Å²) in [6.07, 6.45) is 1.43. The summed E-state index contributed by atoms with van der Waals surface area (Å²) in [6, 6.07) is 9.77. The summed E-state index contributed by atoms with van der Waals surface area (Å²) in [4.78, 5) is 19.4. The van der Waals surface area contributed by atoms with Crippen LogP contribution in [0.4, 0.5) is 0 Å². The van der Waals surface area contributed by atoms with E-state index in [1.165, 1.54) is 11.2 Å². The van der Waals surface area contributed by atoms with Crippen LogP contribution in [-0.2, 0) is 0 Å². The average Bonchev–Trinajstić information content (AvgIpc) is 2.82. The first kappa shape index (κ1) is 9.30. The van der Waals surface area contributed by atoms with Crippen molar-refractivity contribution in [1.82, 2.24) is 9.97 Å². The molecule has 16 heavy (non-hydrogen) atoms. The van der Waals surface area contributed by atoms with Gasteiger partial charge < -0.3 is 4.98 Å². The number of hydrogen-bond acceptors (Lipinski definition) is 3. The van der Waals surface area contributed by atoms with Crippen LogP contribution >= 0.6 is 11.3 Å². The van der Waals surface area contributed by atoms with Crippen LogP contribution in [0, 0.1) is 0 Å². The largest absolute Gasteiger partial charge is 0.313 e. The highest BCUT2D eigenvalue weighted by molar-refractivity contribution is 7.13. The molecule has 3 aromatic rings. The van der Waals surface area contributed by atoms with Gasteiger partial charge in [-0.25, -0.2) is 4.98 Å². The normalized spacial score (nSPS) is 10.8. The second kappa shape index (κ2) is 3.57. The Bertz CT molecular complexity index is 686. The molecule has 0 amide bonds. The lowest BCUT2D eigenvalue weighted by molar-refractivity contribution is 1.17. The fourth-order valence-corrected chi connectivity index (χ4v) is 2.39. The molecule has 0 bridgehead atoms. The summed E-state index contributed by atoms with van der Waals surface area (Å²) in [7, 11) is 0. The average molecular weight is 228 g/mol. The first-order chi connectivity index (χ1) is 7.84. The minimum atomic E-state index is -0.0947. The first-order valence-corrected chi connectivity index (χ1v) is 5.74. The number of hydrogen-bond donors (Lipinski definition) is 1. The second-order valence-corrected chi connectivity index (χ2v) is 4.39. The molecule has 0 aliphatic heterocycles. The van der Waals surface area contributed by atoms with Crippen molar-refractivity contribution in [3.8, 4) is 10.4 Å². The predicted octanol–water partition coefficient (Wildman–Crippen LogP) is 2.65. The molecular weight excluding hydrogens is 220 g/mol. The van der Waals surface area contributed by atoms with Gasteiger partial charge in [-0.1, -0.05) is 12.1 Å². The third-order valence-corrected chi connectivity index (χ3v) is 3.37. The molecule has 0 fully saturated rings. The molecule has 3 nitrogen and oxygen atoms in total. The van der Waals surface area contributed by atoms with Crippen molar-refractivity contribution in [3.63, 3.8) is 0 Å². The molecule has 0 saturated heterocycles. The van der Waals surface area contributed by atoms with Gasteiger partial charge in [-0.3, -0.25) is 4.79 Å². The van der Waals surface area contributed by atoms with Crippen LogP contribution in [-0.4, -0.2) is 9.97 Å². The van der Waals surface area contributed by atoms with Gasteiger partial charge in [0.15, 0.2) is 0 Å². The van der Waals surface area contributed by atoms with Crippen molar-refractivity contribution in [1.29, 1.82) is 0 Å². The maximum Gasteiger partial charge on any atom is 0.258 e. The Kier molecular flexibility index (Phi) is 2.08. The van der Waals surface area contributed by atoms with E-state index in [0.717, 1.165) is 11.1 Å². The monoisotopic (exact) mass is 228 g/mol. The summed E-state index contributed by atoms with van der Waals surface area (Å²) < 4.78 is 0. The number of fused-ring (bicyclic) bond motifs is 1. The zero-order valence-electron chi connectivity index (χ0n) is 8.31. The highest BCUT2D eigenvalue weighted by Crippen LogP contribution is 2.26. The van der Waals surface area contributed by atoms with E-state index in [4.69, 9.17) is 0 Å². The van der Waals surface area contributed by atoms with Crippen LogP contribution in [0.5, 0.6) is 0 Å². The number of rotatable bonds is 1. The van der Waals surface area contributed by atoms with Crippen LogP contribution in [0.3, 0.4) is 0 Å². The molecular formula is C12H8N2OS. The Morgan fingerprint density at radius 2 is 2.19 bits per heavy atom. The van der Waals surface area contributed by atoms with Crippen LogP contribution < -0.4 is 5.56 Å². The van der Waals surface area contributed by atoms with Gasteiger partial charge in [0.25, 0.3) is 5.56 Å². The maximum atomic E-state index is 11.5. The highest BCUT2D eigenvalue weighted by Gasteiger charge is 2.03. The van der Waals surface area contributed by atoms with Crippen molar-refractivity contribution in [2.75, 3.05) is 0 Å². The standard InChI is InChI=1S/C12H8N2OS/c15-12-9-4-3-8(11-2-1-5-16-11)6-10(9)13-7-14-12/h1-7H,(H,13,14,15). The Balaban J connectivity index is 2.28. The second-order valence-electron chi connectivity index (χ2n) is 3.44. The van der Waals surface area contributed by atoms with E-state index in [2.05, 4.69) is 16.0 Å². The van der Waals surface area contributed by atoms with Crippen molar-refractivity contribution >= 4 is 22.2 Å². The topological polar surface area (TPSA) is 45.8 Å². The van der Waals surface area contributed by atoms with Crippen LogP contribution in [0.15, 0.2) is 46.8 Å². The van der Waals surface area contributed by atoms with Crippen molar-refractivity contribution in [3.05, 3.63) is 52.4 Å². The highest BCUT2D eigenvalue weighted by atomic mass is 32.1. The molecule has 1 N–H and O–H groups in total. The fraction of sp³-hybridized carbons (Fsp3) is 0. The lowest BCUT2D eigenvalue weighted by Gasteiger charge is -1.99. The SMILES string of the molecule is O=c1[nH]cnc2cc(-c3cccs3)ccc12. The minimum Gasteiger partial charge on any atom is -0.313 e. The zero-order valence-corrected chi connectivity index (χ0v) is 9.12. The van der Waals surface area contributed by atoms with Crippen LogP contribution in [0.2, 0.25) is 0 Å². The quantitative estimate of drug-likeness (QED) is 0.696. The van der Waals surface area contributed by atoms with Crippen molar-refractivity contribution in [2.24, 2.45) is 0 Å². The Hall–Kier alpha value is -1.94. The molecule has 0 spiro atoms. The number of thiophene rings is 1. The van der Waals surface area contributed by atoms with E-state index in [9.17, 15) is 4.79 Å². The van der Waals surface area contributed by atoms with Gasteiger partial charge in [0.05, 0.1) is 17.2 Å². The summed E-state index contributed by atoms with van der Waals surface area (Å²) in [5.74, 6) is 0. The Labute approximate surface area is 95.4 Å². The summed E-state index contributed by atoms with van der Waals surface area (Å²) in [5, 5.41) is 2.66. The molecule has 2 aromatic heterocycles. The van der Waals surface area contributed by atoms with Gasteiger partial charge in [-0.05, 0) is 29.1 Å². The van der Waals surface area contributed by atoms with Crippen LogP contribution in [0.1, 0.15) is 0 Å². The predicted molar refractivity (Wildman–Crippen MR) is 65.7 cm³/mol. The number of aromatic amines is 1. The Morgan fingerprint density at radius 1 is 1.25 bits per heavy atom. The lowest BCUT2D eigenvalue weighted by atomic mass is 10.1. The van der Waals surface area contributed by atoms with Gasteiger partial charge in [0.2, 0.25) is 0 Å². The van der Waals surface area contributed by atoms with Crippen molar-refractivity contribution < 1.29 is 0 Å². The number of nitrogens with one attached hydrogen (secondary N) is 1. The van der Waals surface area contributed by atoms with Gasteiger partial charge in [0, 0.05) is 4.88 Å². The van der Waals surface area contributed by atoms with E-state index < -0.39 is 0 Å². The maximum absolute atomic E-state index is 11.5. The van der Waals surface area contributed by atoms with E-state index in [1.807, 2.05) is 29.6 Å². The summed E-state index contributed by atoms with van der Waals surface area (Å²) in [6.45, 7) is 0. The van der Waals surface area contributed by atoms with Gasteiger partial charge >= 0.3 is 0 Å². The molecule has 0 aliphatic carbocycles. The number of H-pyrrole nitrogens is 1. The Morgan fingerprint density at radius 3 is 3.00 bits per heavy atom. The van der Waals surface area contributed by atoms with E-state index in [1.54, 1.807) is 11.3 Å². The summed E-state index contributed by atoms with van der Waals surface area (Å²) in [5.41, 5.74) is 1.73. The van der Waals surface area contributed by atoms with Crippen LogP contribution in [0.25, 0.3) is 21.3 Å². The number of benzene rings is 1. The summed E-state index contributed by atoms with van der Waals surface area (Å²) >= 11 is 1.68. The van der Waals surface area contributed by atoms with E-state index in [0.29, 0.717) is 5.39 Å². The van der Waals surface area contributed by atoms with E-state index >= 15 is 0 Å². The molecule has 3 rings (SSSR count). The molecule has 4 heteroatoms. The molecule has 0 radical (unpaired) electrons. The third kappa shape index (κ3) is 1.44. The molecule has 0 unspecified atom stereocenters. The molecule has 2 heterocycles. The molecule has 78 valence electrons. The van der Waals surface area contributed by atoms with Gasteiger partial charge in [-0.15, -0.1) is 11.3 Å². The first-order valence-electron chi connectivity index (χ1n) is 4.86. The molecule has 0 saturated carbocycles. The zero-order chi connectivity index (χ0) is 11.0. The number of nitrogens with zero attached hydrogens (tertiary/aromatic N) is 1. The molecule has 1 aromatic carbocycles. The lowest BCUT2D eigenvalue weighted by Crippen LogP contribution is -2.05. The van der Waals surface area contributed by atoms with E-state index in [-0.39, 0.29) is 5.56 Å². The van der Waals surface area contributed by atoms with Gasteiger partial charge in [-0.2, -0.15) is 0 Å². The van der Waals surface area contributed by atoms with Gasteiger partial charge in [0.1, 0.15) is 0 Å². The minimum absolute atomic E-state index is 0.0947. The molecule has 0 atom stereocenters. The molecule has 0 aliphatic rings. The third-order valence-electron chi connectivity index (χ3n) is 2.45.